The molecule has 1 aliphatic rings. The minimum Gasteiger partial charge on any atom is -0.365 e. The molecule has 0 unspecified atom stereocenters. The van der Waals surface area contributed by atoms with E-state index in [1.165, 1.54) is 6.42 Å². The van der Waals surface area contributed by atoms with Crippen molar-refractivity contribution in [2.75, 3.05) is 0 Å². The van der Waals surface area contributed by atoms with Gasteiger partial charge < -0.3 is 5.73 Å². The lowest BCUT2D eigenvalue weighted by Crippen LogP contribution is -2.19. The number of carbonyl (C=O) groups excluding carboxylic acids is 1. The topological polar surface area (TPSA) is 66.9 Å². The van der Waals surface area contributed by atoms with Crippen molar-refractivity contribution < 1.29 is 4.79 Å². The number of hydrogen-bond acceptors (Lipinski definition) is 2. The highest BCUT2D eigenvalue weighted by Gasteiger charge is 2.20. The Morgan fingerprint density at radius 1 is 1.62 bits per heavy atom. The Morgan fingerprint density at radius 3 is 2.77 bits per heavy atom. The molecule has 0 bridgehead atoms. The Kier molecular flexibility index (Phi) is 3.07. The molecular formula is C10H14N2O. The molecule has 3 heteroatoms. The first-order valence-corrected chi connectivity index (χ1v) is 4.59. The molecular weight excluding hydrogens is 164 g/mol. The van der Waals surface area contributed by atoms with Gasteiger partial charge in [-0.25, -0.2) is 0 Å². The predicted molar refractivity (Wildman–Crippen MR) is 49.5 cm³/mol. The van der Waals surface area contributed by atoms with E-state index < -0.39 is 5.91 Å². The summed E-state index contributed by atoms with van der Waals surface area (Å²) in [6, 6.07) is 1.91. The first kappa shape index (κ1) is 9.79. The number of amides is 1. The predicted octanol–water partition coefficient (Wildman–Crippen LogP) is 1.50. The van der Waals surface area contributed by atoms with Gasteiger partial charge in [0, 0.05) is 0 Å². The number of primary amides is 1. The molecule has 0 radical (unpaired) electrons. The van der Waals surface area contributed by atoms with Gasteiger partial charge in [0.15, 0.2) is 0 Å². The Balaban J connectivity index is 2.98. The number of hydrogen-bond donors (Lipinski definition) is 1. The first-order valence-electron chi connectivity index (χ1n) is 4.59. The fourth-order valence-electron chi connectivity index (χ4n) is 1.84. The SMILES string of the molecule is C[C@H]1CCCC/C1=C(/C#N)C(N)=O. The lowest BCUT2D eigenvalue weighted by atomic mass is 9.83. The molecule has 1 amide bonds. The molecule has 13 heavy (non-hydrogen) atoms. The van der Waals surface area contributed by atoms with Crippen LogP contribution in [0.1, 0.15) is 32.6 Å². The highest BCUT2D eigenvalue weighted by Crippen LogP contribution is 2.30. The van der Waals surface area contributed by atoms with E-state index in [4.69, 9.17) is 11.0 Å². The summed E-state index contributed by atoms with van der Waals surface area (Å²) in [5.74, 6) is -0.234. The van der Waals surface area contributed by atoms with E-state index in [0.717, 1.165) is 24.8 Å². The van der Waals surface area contributed by atoms with Gasteiger partial charge in [-0.2, -0.15) is 5.26 Å². The van der Waals surface area contributed by atoms with Crippen LogP contribution in [-0.2, 0) is 4.79 Å². The van der Waals surface area contributed by atoms with Crippen LogP contribution >= 0.6 is 0 Å². The van der Waals surface area contributed by atoms with Crippen molar-refractivity contribution in [3.63, 3.8) is 0 Å². The average molecular weight is 178 g/mol. The standard InChI is InChI=1S/C10H14N2O/c1-7-4-2-3-5-8(7)9(6-11)10(12)13/h7H,2-5H2,1H3,(H2,12,13)/b9-8+/t7-/m0/s1. The summed E-state index contributed by atoms with van der Waals surface area (Å²) in [4.78, 5) is 10.9. The number of rotatable bonds is 1. The monoisotopic (exact) mass is 178 g/mol. The van der Waals surface area contributed by atoms with E-state index in [2.05, 4.69) is 6.92 Å². The summed E-state index contributed by atoms with van der Waals surface area (Å²) >= 11 is 0. The van der Waals surface area contributed by atoms with E-state index in [-0.39, 0.29) is 5.57 Å². The second kappa shape index (κ2) is 4.08. The van der Waals surface area contributed by atoms with Gasteiger partial charge in [-0.05, 0) is 30.8 Å². The van der Waals surface area contributed by atoms with E-state index >= 15 is 0 Å². The van der Waals surface area contributed by atoms with Crippen molar-refractivity contribution in [1.29, 1.82) is 5.26 Å². The van der Waals surface area contributed by atoms with Crippen LogP contribution in [0.3, 0.4) is 0 Å². The lowest BCUT2D eigenvalue weighted by Gasteiger charge is -2.22. The third-order valence-corrected chi connectivity index (χ3v) is 2.61. The summed E-state index contributed by atoms with van der Waals surface area (Å²) in [6.07, 6.45) is 4.17. The van der Waals surface area contributed by atoms with Gasteiger partial charge in [0.25, 0.3) is 5.91 Å². The van der Waals surface area contributed by atoms with Gasteiger partial charge in [0.05, 0.1) is 0 Å². The zero-order chi connectivity index (χ0) is 9.84. The number of nitrogens with zero attached hydrogens (tertiary/aromatic N) is 1. The summed E-state index contributed by atoms with van der Waals surface area (Å²) in [7, 11) is 0. The van der Waals surface area contributed by atoms with Crippen LogP contribution in [0.2, 0.25) is 0 Å². The lowest BCUT2D eigenvalue weighted by molar-refractivity contribution is -0.114. The van der Waals surface area contributed by atoms with Gasteiger partial charge in [0.2, 0.25) is 0 Å². The summed E-state index contributed by atoms with van der Waals surface area (Å²) in [6.45, 7) is 2.05. The van der Waals surface area contributed by atoms with Crippen LogP contribution in [0.25, 0.3) is 0 Å². The van der Waals surface area contributed by atoms with Crippen LogP contribution < -0.4 is 5.73 Å². The van der Waals surface area contributed by atoms with Crippen molar-refractivity contribution in [3.05, 3.63) is 11.1 Å². The van der Waals surface area contributed by atoms with Crippen molar-refractivity contribution in [2.24, 2.45) is 11.7 Å². The number of nitrogens with two attached hydrogens (primary N) is 1. The molecule has 0 aromatic rings. The Labute approximate surface area is 78.2 Å². The molecule has 1 aliphatic carbocycles. The normalized spacial score (nSPS) is 26.3. The first-order chi connectivity index (χ1) is 6.16. The molecule has 0 saturated heterocycles. The molecule has 70 valence electrons. The average Bonchev–Trinajstić information content (AvgIpc) is 2.09. The molecule has 1 atom stereocenters. The molecule has 2 N–H and O–H groups in total. The van der Waals surface area contributed by atoms with Crippen LogP contribution in [0, 0.1) is 17.2 Å². The maximum absolute atomic E-state index is 10.9. The maximum atomic E-state index is 10.9. The Morgan fingerprint density at radius 2 is 2.31 bits per heavy atom. The van der Waals surface area contributed by atoms with E-state index in [9.17, 15) is 4.79 Å². The number of nitriles is 1. The van der Waals surface area contributed by atoms with Gasteiger partial charge in [-0.15, -0.1) is 0 Å². The maximum Gasteiger partial charge on any atom is 0.259 e. The van der Waals surface area contributed by atoms with E-state index in [1.54, 1.807) is 0 Å². The third-order valence-electron chi connectivity index (χ3n) is 2.61. The highest BCUT2D eigenvalue weighted by molar-refractivity contribution is 5.96. The molecule has 0 aliphatic heterocycles. The second-order valence-electron chi connectivity index (χ2n) is 3.52. The summed E-state index contributed by atoms with van der Waals surface area (Å²) in [5.41, 5.74) is 6.27. The van der Waals surface area contributed by atoms with Gasteiger partial charge >= 0.3 is 0 Å². The molecule has 3 nitrogen and oxygen atoms in total. The third kappa shape index (κ3) is 2.09. The molecule has 0 heterocycles. The van der Waals surface area contributed by atoms with Crippen LogP contribution in [-0.4, -0.2) is 5.91 Å². The molecule has 0 aromatic heterocycles. The van der Waals surface area contributed by atoms with Gasteiger partial charge in [-0.3, -0.25) is 4.79 Å². The van der Waals surface area contributed by atoms with E-state index in [1.807, 2.05) is 6.07 Å². The van der Waals surface area contributed by atoms with Gasteiger partial charge in [0.1, 0.15) is 11.6 Å². The molecule has 1 fully saturated rings. The molecule has 1 saturated carbocycles. The fraction of sp³-hybridized carbons (Fsp3) is 0.600. The quantitative estimate of drug-likeness (QED) is 0.488. The minimum atomic E-state index is -0.578. The highest BCUT2D eigenvalue weighted by atomic mass is 16.1. The van der Waals surface area contributed by atoms with Crippen molar-refractivity contribution in [1.82, 2.24) is 0 Å². The molecule has 1 rings (SSSR count). The Hall–Kier alpha value is -1.30. The van der Waals surface area contributed by atoms with Crippen molar-refractivity contribution in [2.45, 2.75) is 32.6 Å². The smallest absolute Gasteiger partial charge is 0.259 e. The molecule has 0 aromatic carbocycles. The number of allylic oxidation sites excluding steroid dienone is 1. The Bertz CT molecular complexity index is 286. The van der Waals surface area contributed by atoms with Gasteiger partial charge in [-0.1, -0.05) is 13.3 Å². The van der Waals surface area contributed by atoms with Crippen LogP contribution in [0.5, 0.6) is 0 Å². The minimum absolute atomic E-state index is 0.187. The fourth-order valence-corrected chi connectivity index (χ4v) is 1.84. The molecule has 0 spiro atoms. The van der Waals surface area contributed by atoms with Crippen LogP contribution in [0.15, 0.2) is 11.1 Å². The van der Waals surface area contributed by atoms with E-state index in [0.29, 0.717) is 5.92 Å². The summed E-state index contributed by atoms with van der Waals surface area (Å²) in [5, 5.41) is 8.76. The van der Waals surface area contributed by atoms with Crippen molar-refractivity contribution >= 4 is 5.91 Å². The zero-order valence-electron chi connectivity index (χ0n) is 7.84. The second-order valence-corrected chi connectivity index (χ2v) is 3.52. The number of carbonyl (C=O) groups is 1. The van der Waals surface area contributed by atoms with Crippen molar-refractivity contribution in [3.8, 4) is 6.07 Å². The summed E-state index contributed by atoms with van der Waals surface area (Å²) < 4.78 is 0. The largest absolute Gasteiger partial charge is 0.365 e. The van der Waals surface area contributed by atoms with Crippen LogP contribution in [0.4, 0.5) is 0 Å². The zero-order valence-corrected chi connectivity index (χ0v) is 7.84.